The fourth-order valence-electron chi connectivity index (χ4n) is 2.54. The van der Waals surface area contributed by atoms with Gasteiger partial charge in [-0.1, -0.05) is 29.8 Å². The van der Waals surface area contributed by atoms with E-state index in [4.69, 9.17) is 16.3 Å². The monoisotopic (exact) mass is 428 g/mol. The van der Waals surface area contributed by atoms with Crippen molar-refractivity contribution in [2.45, 2.75) is 13.1 Å². The van der Waals surface area contributed by atoms with Gasteiger partial charge in [0.05, 0.1) is 12.1 Å². The van der Waals surface area contributed by atoms with Gasteiger partial charge in [-0.25, -0.2) is 14.4 Å². The van der Waals surface area contributed by atoms with E-state index in [1.807, 2.05) is 12.1 Å². The Balaban J connectivity index is 1.58. The topological polar surface area (TPSA) is 93.2 Å². The molecule has 0 aliphatic carbocycles. The molecule has 0 saturated heterocycles. The quantitative estimate of drug-likeness (QED) is 0.603. The molecule has 0 unspecified atom stereocenters. The number of halogens is 2. The van der Waals surface area contributed by atoms with E-state index in [-0.39, 0.29) is 23.0 Å². The van der Waals surface area contributed by atoms with Crippen LogP contribution in [0.15, 0.2) is 54.9 Å². The number of benzene rings is 2. The number of aromatic nitrogens is 2. The molecule has 0 saturated carbocycles. The third-order valence-corrected chi connectivity index (χ3v) is 4.47. The normalized spacial score (nSPS) is 10.4. The van der Waals surface area contributed by atoms with Gasteiger partial charge in [0.2, 0.25) is 0 Å². The summed E-state index contributed by atoms with van der Waals surface area (Å²) in [6.45, 7) is 0.418. The van der Waals surface area contributed by atoms with E-state index in [1.54, 1.807) is 19.2 Å². The highest BCUT2D eigenvalue weighted by Gasteiger charge is 2.13. The predicted octanol–water partition coefficient (Wildman–Crippen LogP) is 3.14. The number of amides is 2. The highest BCUT2D eigenvalue weighted by Crippen LogP contribution is 2.16. The first-order valence-electron chi connectivity index (χ1n) is 8.91. The van der Waals surface area contributed by atoms with E-state index in [0.717, 1.165) is 17.6 Å². The molecule has 3 aromatic rings. The summed E-state index contributed by atoms with van der Waals surface area (Å²) >= 11 is 5.73. The van der Waals surface area contributed by atoms with Crippen molar-refractivity contribution in [3.63, 3.8) is 0 Å². The number of hydrogen-bond donors (Lipinski definition) is 2. The number of hydrogen-bond acceptors (Lipinski definition) is 5. The van der Waals surface area contributed by atoms with Gasteiger partial charge in [0.1, 0.15) is 29.3 Å². The minimum atomic E-state index is -0.534. The van der Waals surface area contributed by atoms with Crippen molar-refractivity contribution in [2.24, 2.45) is 0 Å². The lowest BCUT2D eigenvalue weighted by molar-refractivity contribution is 0.0944. The van der Waals surface area contributed by atoms with Crippen molar-refractivity contribution in [1.29, 1.82) is 0 Å². The lowest BCUT2D eigenvalue weighted by Crippen LogP contribution is -2.27. The molecule has 30 heavy (non-hydrogen) atoms. The Morgan fingerprint density at radius 1 is 0.933 bits per heavy atom. The summed E-state index contributed by atoms with van der Waals surface area (Å²) in [6, 6.07) is 12.7. The predicted molar refractivity (Wildman–Crippen MR) is 109 cm³/mol. The van der Waals surface area contributed by atoms with Crippen LogP contribution in [0.25, 0.3) is 0 Å². The Hall–Kier alpha value is -3.52. The molecule has 0 fully saturated rings. The molecule has 1 aromatic heterocycles. The fraction of sp³-hybridized carbons (Fsp3) is 0.143. The number of methoxy groups -OCH3 is 1. The first-order chi connectivity index (χ1) is 14.5. The van der Waals surface area contributed by atoms with Gasteiger partial charge >= 0.3 is 0 Å². The Labute approximate surface area is 177 Å². The zero-order chi connectivity index (χ0) is 21.5. The Morgan fingerprint density at radius 3 is 2.07 bits per heavy atom. The second-order valence-corrected chi connectivity index (χ2v) is 6.66. The van der Waals surface area contributed by atoms with Crippen LogP contribution in [0.4, 0.5) is 4.39 Å². The van der Waals surface area contributed by atoms with E-state index >= 15 is 0 Å². The first kappa shape index (κ1) is 21.2. The molecule has 0 aliphatic heterocycles. The molecule has 9 heteroatoms. The molecule has 1 heterocycles. The minimum absolute atomic E-state index is 0.0281. The van der Waals surface area contributed by atoms with Gasteiger partial charge in [0, 0.05) is 19.2 Å². The highest BCUT2D eigenvalue weighted by atomic mass is 35.5. The van der Waals surface area contributed by atoms with Crippen molar-refractivity contribution in [1.82, 2.24) is 20.6 Å². The molecule has 2 amide bonds. The summed E-state index contributed by atoms with van der Waals surface area (Å²) in [6.07, 6.45) is 1.14. The van der Waals surface area contributed by atoms with Crippen molar-refractivity contribution >= 4 is 23.4 Å². The SMILES string of the molecule is COc1ccc(CNC(=O)c2cc(C(=O)NCc3ccc(F)c(Cl)c3)ncn2)cc1. The number of carbonyl (C=O) groups is 2. The molecule has 0 radical (unpaired) electrons. The smallest absolute Gasteiger partial charge is 0.270 e. The van der Waals surface area contributed by atoms with Gasteiger partial charge in [-0.15, -0.1) is 0 Å². The van der Waals surface area contributed by atoms with Crippen LogP contribution in [-0.2, 0) is 13.1 Å². The third-order valence-electron chi connectivity index (χ3n) is 4.18. The Bertz CT molecular complexity index is 1060. The van der Waals surface area contributed by atoms with Crippen molar-refractivity contribution in [3.8, 4) is 5.75 Å². The van der Waals surface area contributed by atoms with Gasteiger partial charge < -0.3 is 15.4 Å². The lowest BCUT2D eigenvalue weighted by atomic mass is 10.2. The van der Waals surface area contributed by atoms with Crippen LogP contribution in [-0.4, -0.2) is 28.9 Å². The van der Waals surface area contributed by atoms with Crippen molar-refractivity contribution in [3.05, 3.63) is 88.2 Å². The van der Waals surface area contributed by atoms with Gasteiger partial charge in [-0.2, -0.15) is 0 Å². The average Bonchev–Trinajstić information content (AvgIpc) is 2.78. The number of rotatable bonds is 7. The van der Waals surface area contributed by atoms with E-state index < -0.39 is 17.6 Å². The first-order valence-corrected chi connectivity index (χ1v) is 9.29. The molecule has 3 rings (SSSR count). The molecular formula is C21H18ClFN4O3. The van der Waals surface area contributed by atoms with Crippen LogP contribution in [0.3, 0.4) is 0 Å². The fourth-order valence-corrected chi connectivity index (χ4v) is 2.75. The minimum Gasteiger partial charge on any atom is -0.497 e. The average molecular weight is 429 g/mol. The molecule has 0 aliphatic rings. The number of carbonyl (C=O) groups excluding carboxylic acids is 2. The van der Waals surface area contributed by atoms with E-state index in [0.29, 0.717) is 12.1 Å². The van der Waals surface area contributed by atoms with Crippen LogP contribution in [0, 0.1) is 5.82 Å². The maximum absolute atomic E-state index is 13.2. The van der Waals surface area contributed by atoms with Crippen LogP contribution >= 0.6 is 11.6 Å². The van der Waals surface area contributed by atoms with Crippen LogP contribution in [0.2, 0.25) is 5.02 Å². The molecule has 0 atom stereocenters. The summed E-state index contributed by atoms with van der Waals surface area (Å²) in [5, 5.41) is 5.35. The summed E-state index contributed by atoms with van der Waals surface area (Å²) in [5.41, 5.74) is 1.61. The molecule has 2 N–H and O–H groups in total. The van der Waals surface area contributed by atoms with Crippen LogP contribution in [0.1, 0.15) is 32.1 Å². The summed E-state index contributed by atoms with van der Waals surface area (Å²) in [5.74, 6) is -0.748. The van der Waals surface area contributed by atoms with Crippen molar-refractivity contribution in [2.75, 3.05) is 7.11 Å². The molecule has 154 valence electrons. The van der Waals surface area contributed by atoms with Gasteiger partial charge in [0.25, 0.3) is 11.8 Å². The number of nitrogens with one attached hydrogen (secondary N) is 2. The molecule has 7 nitrogen and oxygen atoms in total. The van der Waals surface area contributed by atoms with E-state index in [9.17, 15) is 14.0 Å². The molecule has 0 bridgehead atoms. The maximum Gasteiger partial charge on any atom is 0.270 e. The lowest BCUT2D eigenvalue weighted by Gasteiger charge is -2.08. The van der Waals surface area contributed by atoms with Crippen LogP contribution < -0.4 is 15.4 Å². The highest BCUT2D eigenvalue weighted by molar-refractivity contribution is 6.30. The number of nitrogens with zero attached hydrogens (tertiary/aromatic N) is 2. The largest absolute Gasteiger partial charge is 0.497 e. The summed E-state index contributed by atoms with van der Waals surface area (Å²) < 4.78 is 18.3. The maximum atomic E-state index is 13.2. The molecular weight excluding hydrogens is 411 g/mol. The Kier molecular flexibility index (Phi) is 6.92. The third kappa shape index (κ3) is 5.51. The van der Waals surface area contributed by atoms with E-state index in [1.165, 1.54) is 24.3 Å². The second-order valence-electron chi connectivity index (χ2n) is 6.25. The van der Waals surface area contributed by atoms with E-state index in [2.05, 4.69) is 20.6 Å². The zero-order valence-corrected chi connectivity index (χ0v) is 16.7. The van der Waals surface area contributed by atoms with Gasteiger partial charge in [0.15, 0.2) is 0 Å². The van der Waals surface area contributed by atoms with Gasteiger partial charge in [-0.3, -0.25) is 9.59 Å². The molecule has 0 spiro atoms. The second kappa shape index (κ2) is 9.80. The van der Waals surface area contributed by atoms with Crippen LogP contribution in [0.5, 0.6) is 5.75 Å². The molecule has 2 aromatic carbocycles. The zero-order valence-electron chi connectivity index (χ0n) is 16.0. The van der Waals surface area contributed by atoms with Gasteiger partial charge in [-0.05, 0) is 35.4 Å². The standard InChI is InChI=1S/C21H18ClFN4O3/c1-30-15-5-2-13(3-6-15)10-24-20(28)18-9-19(27-12-26-18)21(29)25-11-14-4-7-17(23)16(22)8-14/h2-9,12H,10-11H2,1H3,(H,24,28)(H,25,29). The summed E-state index contributed by atoms with van der Waals surface area (Å²) in [4.78, 5) is 32.5. The summed E-state index contributed by atoms with van der Waals surface area (Å²) in [7, 11) is 1.58. The Morgan fingerprint density at radius 2 is 1.50 bits per heavy atom. The van der Waals surface area contributed by atoms with Crippen molar-refractivity contribution < 1.29 is 18.7 Å². The number of ether oxygens (including phenoxy) is 1.